The second-order valence-corrected chi connectivity index (χ2v) is 7.78. The molecule has 1 atom stereocenters. The second kappa shape index (κ2) is 8.84. The molecule has 0 spiro atoms. The van der Waals surface area contributed by atoms with Crippen molar-refractivity contribution in [2.75, 3.05) is 6.61 Å². The number of hydrogen-bond donors (Lipinski definition) is 3. The van der Waals surface area contributed by atoms with Gasteiger partial charge < -0.3 is 10.4 Å². The molecule has 0 fully saturated rings. The molecular weight excluding hydrogens is 356 g/mol. The molecule has 1 heterocycles. The minimum atomic E-state index is -3.85. The number of nitrogens with one attached hydrogen (secondary N) is 2. The first kappa shape index (κ1) is 20.0. The first-order valence-electron chi connectivity index (χ1n) is 8.10. The molecule has 0 unspecified atom stereocenters. The van der Waals surface area contributed by atoms with E-state index in [9.17, 15) is 18.3 Å². The van der Waals surface area contributed by atoms with Crippen molar-refractivity contribution in [3.8, 4) is 0 Å². The fourth-order valence-corrected chi connectivity index (χ4v) is 3.57. The minimum Gasteiger partial charge on any atom is -0.395 e. The highest BCUT2D eigenvalue weighted by atomic mass is 32.2. The fourth-order valence-electron chi connectivity index (χ4n) is 2.15. The number of hydrogen-bond acceptors (Lipinski definition) is 6. The number of sulfonamides is 1. The zero-order chi connectivity index (χ0) is 19.2. The van der Waals surface area contributed by atoms with Crippen molar-refractivity contribution in [2.45, 2.75) is 31.3 Å². The number of aliphatic hydroxyl groups excluding tert-OH is 1. The summed E-state index contributed by atoms with van der Waals surface area (Å²) < 4.78 is 27.4. The van der Waals surface area contributed by atoms with Crippen molar-refractivity contribution in [2.24, 2.45) is 5.92 Å². The van der Waals surface area contributed by atoms with Crippen LogP contribution < -0.4 is 10.0 Å². The lowest BCUT2D eigenvalue weighted by Crippen LogP contribution is -2.41. The van der Waals surface area contributed by atoms with Crippen LogP contribution in [0.25, 0.3) is 0 Å². The van der Waals surface area contributed by atoms with Crippen LogP contribution in [0.15, 0.2) is 47.8 Å². The van der Waals surface area contributed by atoms with E-state index in [-0.39, 0.29) is 29.5 Å². The summed E-state index contributed by atoms with van der Waals surface area (Å²) in [5, 5.41) is 12.0. The molecule has 0 aliphatic heterocycles. The molecule has 0 saturated carbocycles. The summed E-state index contributed by atoms with van der Waals surface area (Å²) in [5.74, 6) is -0.489. The molecule has 26 heavy (non-hydrogen) atoms. The number of amides is 1. The Bertz CT molecular complexity index is 841. The third-order valence-electron chi connectivity index (χ3n) is 3.79. The molecule has 1 aromatic heterocycles. The zero-order valence-corrected chi connectivity index (χ0v) is 15.4. The molecule has 140 valence electrons. The first-order chi connectivity index (χ1) is 12.3. The van der Waals surface area contributed by atoms with Gasteiger partial charge in [0.1, 0.15) is 6.33 Å². The van der Waals surface area contributed by atoms with E-state index in [0.29, 0.717) is 5.69 Å². The molecule has 1 aromatic carbocycles. The van der Waals surface area contributed by atoms with E-state index >= 15 is 0 Å². The maximum Gasteiger partial charge on any atom is 0.251 e. The maximum absolute atomic E-state index is 12.5. The maximum atomic E-state index is 12.5. The average molecular weight is 378 g/mol. The molecule has 2 rings (SSSR count). The summed E-state index contributed by atoms with van der Waals surface area (Å²) in [4.78, 5) is 20.0. The normalized spacial score (nSPS) is 12.8. The Morgan fingerprint density at radius 3 is 2.65 bits per heavy atom. The van der Waals surface area contributed by atoms with Crippen LogP contribution in [-0.2, 0) is 16.6 Å². The molecule has 8 nitrogen and oxygen atoms in total. The van der Waals surface area contributed by atoms with Crippen molar-refractivity contribution in [3.63, 3.8) is 0 Å². The van der Waals surface area contributed by atoms with Crippen LogP contribution in [0, 0.1) is 5.92 Å². The highest BCUT2D eigenvalue weighted by molar-refractivity contribution is 7.89. The Morgan fingerprint density at radius 1 is 1.27 bits per heavy atom. The van der Waals surface area contributed by atoms with Crippen LogP contribution in [0.4, 0.5) is 0 Å². The molecule has 0 aliphatic carbocycles. The highest BCUT2D eigenvalue weighted by Gasteiger charge is 2.22. The van der Waals surface area contributed by atoms with Gasteiger partial charge in [-0.1, -0.05) is 19.9 Å². The smallest absolute Gasteiger partial charge is 0.251 e. The second-order valence-electron chi connectivity index (χ2n) is 6.07. The predicted octanol–water partition coefficient (Wildman–Crippen LogP) is 0.702. The molecule has 3 N–H and O–H groups in total. The first-order valence-corrected chi connectivity index (χ1v) is 9.58. The molecular formula is C17H22N4O4S. The minimum absolute atomic E-state index is 0.0358. The van der Waals surface area contributed by atoms with E-state index in [1.807, 2.05) is 0 Å². The summed E-state index contributed by atoms with van der Waals surface area (Å²) in [6.45, 7) is 3.51. The van der Waals surface area contributed by atoms with Gasteiger partial charge in [-0.05, 0) is 30.2 Å². The summed E-state index contributed by atoms with van der Waals surface area (Å²) in [7, 11) is -3.85. The molecule has 0 radical (unpaired) electrons. The number of carbonyl (C=O) groups excluding carboxylic acids is 1. The van der Waals surface area contributed by atoms with Crippen LogP contribution in [0.2, 0.25) is 0 Å². The lowest BCUT2D eigenvalue weighted by molar-refractivity contribution is 0.0950. The molecule has 9 heteroatoms. The van der Waals surface area contributed by atoms with Gasteiger partial charge in [-0.2, -0.15) is 0 Å². The summed E-state index contributed by atoms with van der Waals surface area (Å²) in [6, 6.07) is 6.80. The quantitative estimate of drug-likeness (QED) is 0.622. The Labute approximate surface area is 152 Å². The van der Waals surface area contributed by atoms with Crippen LogP contribution in [0.5, 0.6) is 0 Å². The Balaban J connectivity index is 2.12. The van der Waals surface area contributed by atoms with Crippen molar-refractivity contribution in [1.82, 2.24) is 20.0 Å². The monoisotopic (exact) mass is 378 g/mol. The molecule has 1 amide bonds. The van der Waals surface area contributed by atoms with Gasteiger partial charge in [-0.3, -0.25) is 4.79 Å². The number of benzene rings is 1. The zero-order valence-electron chi connectivity index (χ0n) is 14.6. The topological polar surface area (TPSA) is 121 Å². The Kier molecular flexibility index (Phi) is 6.78. The number of rotatable bonds is 8. The van der Waals surface area contributed by atoms with Crippen molar-refractivity contribution >= 4 is 15.9 Å². The van der Waals surface area contributed by atoms with Crippen LogP contribution >= 0.6 is 0 Å². The lowest BCUT2D eigenvalue weighted by atomic mass is 10.1. The third kappa shape index (κ3) is 5.32. The Hall–Kier alpha value is -2.36. The van der Waals surface area contributed by atoms with E-state index in [4.69, 9.17) is 0 Å². The van der Waals surface area contributed by atoms with Crippen molar-refractivity contribution in [3.05, 3.63) is 54.1 Å². The largest absolute Gasteiger partial charge is 0.395 e. The van der Waals surface area contributed by atoms with Gasteiger partial charge in [0.05, 0.1) is 23.7 Å². The molecule has 0 saturated heterocycles. The predicted molar refractivity (Wildman–Crippen MR) is 95.7 cm³/mol. The van der Waals surface area contributed by atoms with Crippen LogP contribution in [-0.4, -0.2) is 42.0 Å². The van der Waals surface area contributed by atoms with E-state index < -0.39 is 22.0 Å². The fraction of sp³-hybridized carbons (Fsp3) is 0.353. The van der Waals surface area contributed by atoms with Crippen molar-refractivity contribution in [1.29, 1.82) is 0 Å². The van der Waals surface area contributed by atoms with Crippen LogP contribution in [0.3, 0.4) is 0 Å². The van der Waals surface area contributed by atoms with Crippen LogP contribution in [0.1, 0.15) is 29.9 Å². The summed E-state index contributed by atoms with van der Waals surface area (Å²) in [6.07, 6.45) is 2.95. The highest BCUT2D eigenvalue weighted by Crippen LogP contribution is 2.14. The number of aliphatic hydroxyl groups is 1. The number of nitrogens with zero attached hydrogens (tertiary/aromatic N) is 2. The standard InChI is InChI=1S/C17H22N4O4S/c1-12(2)16(10-22)21-26(24,25)15-5-3-4-13(8-15)17(23)19-9-14-6-7-18-11-20-14/h3-8,11-12,16,21-22H,9-10H2,1-2H3,(H,19,23)/t16-/m1/s1. The van der Waals surface area contributed by atoms with Gasteiger partial charge in [0.25, 0.3) is 5.91 Å². The number of aromatic nitrogens is 2. The Morgan fingerprint density at radius 2 is 2.04 bits per heavy atom. The van der Waals surface area contributed by atoms with E-state index in [1.54, 1.807) is 26.1 Å². The van der Waals surface area contributed by atoms with E-state index in [0.717, 1.165) is 0 Å². The van der Waals surface area contributed by atoms with Gasteiger partial charge in [0.2, 0.25) is 10.0 Å². The van der Waals surface area contributed by atoms with Gasteiger partial charge >= 0.3 is 0 Å². The molecule has 2 aromatic rings. The lowest BCUT2D eigenvalue weighted by Gasteiger charge is -2.20. The van der Waals surface area contributed by atoms with Gasteiger partial charge in [0.15, 0.2) is 0 Å². The number of carbonyl (C=O) groups is 1. The molecule has 0 bridgehead atoms. The van der Waals surface area contributed by atoms with E-state index in [2.05, 4.69) is 20.0 Å². The molecule has 0 aliphatic rings. The third-order valence-corrected chi connectivity index (χ3v) is 5.28. The van der Waals surface area contributed by atoms with Gasteiger partial charge in [-0.15, -0.1) is 0 Å². The average Bonchev–Trinajstić information content (AvgIpc) is 2.65. The summed E-state index contributed by atoms with van der Waals surface area (Å²) in [5.41, 5.74) is 0.855. The summed E-state index contributed by atoms with van der Waals surface area (Å²) >= 11 is 0. The van der Waals surface area contributed by atoms with Gasteiger partial charge in [-0.25, -0.2) is 23.1 Å². The SMILES string of the molecule is CC(C)[C@@H](CO)NS(=O)(=O)c1cccc(C(=O)NCc2ccncn2)c1. The van der Waals surface area contributed by atoms with E-state index in [1.165, 1.54) is 30.6 Å². The van der Waals surface area contributed by atoms with Gasteiger partial charge in [0, 0.05) is 17.8 Å². The van der Waals surface area contributed by atoms with Crippen molar-refractivity contribution < 1.29 is 18.3 Å².